The molecule has 7 nitrogen and oxygen atoms in total. The maximum Gasteiger partial charge on any atom is 0.270 e. The first kappa shape index (κ1) is 17.5. The zero-order chi connectivity index (χ0) is 18.3. The van der Waals surface area contributed by atoms with Crippen molar-refractivity contribution >= 4 is 27.3 Å². The first-order chi connectivity index (χ1) is 12.5. The van der Waals surface area contributed by atoms with Gasteiger partial charge in [-0.2, -0.15) is 0 Å². The van der Waals surface area contributed by atoms with Gasteiger partial charge in [0.05, 0.1) is 11.9 Å². The van der Waals surface area contributed by atoms with Crippen LogP contribution in [0.5, 0.6) is 0 Å². The molecular weight excluding hydrogens is 378 g/mol. The molecule has 2 aliphatic rings. The molecule has 26 heavy (non-hydrogen) atoms. The number of carbonyl (C=O) groups is 1. The smallest absolute Gasteiger partial charge is 0.270 e. The zero-order valence-electron chi connectivity index (χ0n) is 13.9. The third-order valence-electron chi connectivity index (χ3n) is 4.64. The van der Waals surface area contributed by atoms with Crippen LogP contribution in [0.15, 0.2) is 29.4 Å². The lowest BCUT2D eigenvalue weighted by Crippen LogP contribution is -2.33. The third kappa shape index (κ3) is 3.13. The molecule has 0 radical (unpaired) electrons. The number of rotatable bonds is 4. The zero-order valence-corrected chi connectivity index (χ0v) is 15.5. The molecule has 1 aromatic carbocycles. The van der Waals surface area contributed by atoms with E-state index in [1.54, 1.807) is 24.3 Å². The van der Waals surface area contributed by atoms with E-state index in [2.05, 4.69) is 10.3 Å². The Bertz CT molecular complexity index is 947. The minimum absolute atomic E-state index is 0.00244. The molecule has 1 fully saturated rings. The standard InChI is InChI=1S/C17H18ClN3O4S/c18-12-5-3-11(4-6-12)14-15(16(22)19-10-13-2-1-8-25-13)21-7-9-26(23,24)17(21)20-14/h3-6,13H,1-2,7-10H2,(H,19,22). The number of benzene rings is 1. The van der Waals surface area contributed by atoms with Gasteiger partial charge in [0.1, 0.15) is 11.4 Å². The van der Waals surface area contributed by atoms with Gasteiger partial charge in [-0.05, 0) is 25.0 Å². The highest BCUT2D eigenvalue weighted by molar-refractivity contribution is 7.91. The van der Waals surface area contributed by atoms with Gasteiger partial charge in [0.15, 0.2) is 0 Å². The minimum atomic E-state index is -3.47. The Hall–Kier alpha value is -1.90. The fourth-order valence-corrected chi connectivity index (χ4v) is 4.80. The molecule has 0 saturated carbocycles. The Labute approximate surface area is 156 Å². The van der Waals surface area contributed by atoms with E-state index < -0.39 is 9.84 Å². The van der Waals surface area contributed by atoms with E-state index in [4.69, 9.17) is 16.3 Å². The highest BCUT2D eigenvalue weighted by Crippen LogP contribution is 2.31. The molecule has 4 rings (SSSR count). The maximum atomic E-state index is 12.8. The number of amides is 1. The molecule has 3 heterocycles. The Morgan fingerprint density at radius 2 is 2.12 bits per heavy atom. The number of hydrogen-bond acceptors (Lipinski definition) is 5. The fraction of sp³-hybridized carbons (Fsp3) is 0.412. The van der Waals surface area contributed by atoms with Gasteiger partial charge >= 0.3 is 0 Å². The number of nitrogens with one attached hydrogen (secondary N) is 1. The lowest BCUT2D eigenvalue weighted by molar-refractivity contribution is 0.0850. The summed E-state index contributed by atoms with van der Waals surface area (Å²) in [4.78, 5) is 17.1. The number of nitrogens with zero attached hydrogens (tertiary/aromatic N) is 2. The molecule has 0 bridgehead atoms. The normalized spacial score (nSPS) is 20.9. The van der Waals surface area contributed by atoms with E-state index in [0.29, 0.717) is 29.4 Å². The van der Waals surface area contributed by atoms with Crippen LogP contribution in [-0.2, 0) is 21.1 Å². The summed E-state index contributed by atoms with van der Waals surface area (Å²) >= 11 is 5.93. The van der Waals surface area contributed by atoms with Crippen LogP contribution in [0.2, 0.25) is 5.02 Å². The Balaban J connectivity index is 1.71. The molecule has 1 amide bonds. The Morgan fingerprint density at radius 3 is 2.81 bits per heavy atom. The highest BCUT2D eigenvalue weighted by atomic mass is 35.5. The van der Waals surface area contributed by atoms with E-state index in [1.165, 1.54) is 4.57 Å². The van der Waals surface area contributed by atoms with Crippen molar-refractivity contribution in [3.05, 3.63) is 35.0 Å². The molecule has 0 aliphatic carbocycles. The molecule has 2 aliphatic heterocycles. The van der Waals surface area contributed by atoms with Gasteiger partial charge < -0.3 is 14.6 Å². The molecule has 2 aromatic rings. The van der Waals surface area contributed by atoms with Gasteiger partial charge in [-0.25, -0.2) is 13.4 Å². The van der Waals surface area contributed by atoms with Crippen molar-refractivity contribution in [1.82, 2.24) is 14.9 Å². The van der Waals surface area contributed by atoms with Crippen molar-refractivity contribution in [3.63, 3.8) is 0 Å². The summed E-state index contributed by atoms with van der Waals surface area (Å²) in [6.07, 6.45) is 1.89. The number of carbonyl (C=O) groups excluding carboxylic acids is 1. The van der Waals surface area contributed by atoms with Gasteiger partial charge in [-0.1, -0.05) is 23.7 Å². The van der Waals surface area contributed by atoms with Crippen LogP contribution in [0.3, 0.4) is 0 Å². The Kier molecular flexibility index (Phi) is 4.50. The molecule has 1 unspecified atom stereocenters. The lowest BCUT2D eigenvalue weighted by atomic mass is 10.1. The summed E-state index contributed by atoms with van der Waals surface area (Å²) in [5.41, 5.74) is 1.26. The molecular formula is C17H18ClN3O4S. The average molecular weight is 396 g/mol. The first-order valence-corrected chi connectivity index (χ1v) is 10.5. The second-order valence-corrected chi connectivity index (χ2v) is 8.85. The molecule has 138 valence electrons. The van der Waals surface area contributed by atoms with Crippen molar-refractivity contribution in [2.24, 2.45) is 0 Å². The summed E-state index contributed by atoms with van der Waals surface area (Å²) in [6.45, 7) is 1.32. The fourth-order valence-electron chi connectivity index (χ4n) is 3.31. The quantitative estimate of drug-likeness (QED) is 0.853. The van der Waals surface area contributed by atoms with Crippen LogP contribution >= 0.6 is 11.6 Å². The molecule has 0 spiro atoms. The SMILES string of the molecule is O=C(NCC1CCCO1)c1c(-c2ccc(Cl)cc2)nc2n1CCS2(=O)=O. The average Bonchev–Trinajstić information content (AvgIpc) is 3.31. The van der Waals surface area contributed by atoms with Crippen LogP contribution < -0.4 is 5.32 Å². The number of halogens is 1. The van der Waals surface area contributed by atoms with Gasteiger partial charge in [0.2, 0.25) is 15.0 Å². The second-order valence-electron chi connectivity index (χ2n) is 6.41. The summed E-state index contributed by atoms with van der Waals surface area (Å²) in [7, 11) is -3.47. The van der Waals surface area contributed by atoms with Crippen LogP contribution in [-0.4, -0.2) is 48.9 Å². The number of aromatic nitrogens is 2. The van der Waals surface area contributed by atoms with E-state index in [1.807, 2.05) is 0 Å². The van der Waals surface area contributed by atoms with Crippen LogP contribution in [0.4, 0.5) is 0 Å². The number of ether oxygens (including phenoxy) is 1. The number of hydrogen-bond donors (Lipinski definition) is 1. The van der Waals surface area contributed by atoms with E-state index in [9.17, 15) is 13.2 Å². The number of fused-ring (bicyclic) bond motifs is 1. The second kappa shape index (κ2) is 6.68. The molecule has 1 aromatic heterocycles. The van der Waals surface area contributed by atoms with E-state index in [0.717, 1.165) is 12.8 Å². The van der Waals surface area contributed by atoms with Crippen LogP contribution in [0, 0.1) is 0 Å². The molecule has 9 heteroatoms. The predicted molar refractivity (Wildman–Crippen MR) is 96.0 cm³/mol. The van der Waals surface area contributed by atoms with Crippen molar-refractivity contribution in [1.29, 1.82) is 0 Å². The van der Waals surface area contributed by atoms with Crippen molar-refractivity contribution in [2.45, 2.75) is 30.6 Å². The third-order valence-corrected chi connectivity index (χ3v) is 6.48. The summed E-state index contributed by atoms with van der Waals surface area (Å²) in [5, 5.41) is 3.36. The molecule has 1 N–H and O–H groups in total. The highest BCUT2D eigenvalue weighted by Gasteiger charge is 2.35. The van der Waals surface area contributed by atoms with Crippen molar-refractivity contribution < 1.29 is 17.9 Å². The van der Waals surface area contributed by atoms with E-state index in [-0.39, 0.29) is 35.2 Å². The monoisotopic (exact) mass is 395 g/mol. The predicted octanol–water partition coefficient (Wildman–Crippen LogP) is 1.90. The summed E-state index contributed by atoms with van der Waals surface area (Å²) in [6, 6.07) is 6.82. The topological polar surface area (TPSA) is 90.3 Å². The maximum absolute atomic E-state index is 12.8. The van der Waals surface area contributed by atoms with Crippen molar-refractivity contribution in [3.8, 4) is 11.3 Å². The lowest BCUT2D eigenvalue weighted by Gasteiger charge is -2.12. The number of sulfone groups is 1. The molecule has 1 saturated heterocycles. The Morgan fingerprint density at radius 1 is 1.35 bits per heavy atom. The summed E-state index contributed by atoms with van der Waals surface area (Å²) < 4.78 is 31.5. The van der Waals surface area contributed by atoms with Gasteiger partial charge in [-0.15, -0.1) is 0 Å². The van der Waals surface area contributed by atoms with E-state index >= 15 is 0 Å². The summed E-state index contributed by atoms with van der Waals surface area (Å²) in [5.74, 6) is -0.385. The number of imidazole rings is 1. The first-order valence-electron chi connectivity index (χ1n) is 8.45. The van der Waals surface area contributed by atoms with Gasteiger partial charge in [-0.3, -0.25) is 4.79 Å². The minimum Gasteiger partial charge on any atom is -0.376 e. The largest absolute Gasteiger partial charge is 0.376 e. The molecule has 1 atom stereocenters. The van der Waals surface area contributed by atoms with Crippen LogP contribution in [0.1, 0.15) is 23.3 Å². The van der Waals surface area contributed by atoms with Crippen molar-refractivity contribution in [2.75, 3.05) is 18.9 Å². The van der Waals surface area contributed by atoms with Gasteiger partial charge in [0, 0.05) is 30.3 Å². The van der Waals surface area contributed by atoms with Crippen LogP contribution in [0.25, 0.3) is 11.3 Å². The van der Waals surface area contributed by atoms with Gasteiger partial charge in [0.25, 0.3) is 5.91 Å².